The molecular formula is C23H41IN4O2. The van der Waals surface area contributed by atoms with E-state index < -0.39 is 0 Å². The molecule has 0 spiro atoms. The number of aliphatic imine (C=N–C) groups is 1. The number of benzene rings is 1. The first-order valence-electron chi connectivity index (χ1n) is 11.1. The monoisotopic (exact) mass is 532 g/mol. The molecule has 1 aliphatic heterocycles. The third-order valence-corrected chi connectivity index (χ3v) is 5.82. The summed E-state index contributed by atoms with van der Waals surface area (Å²) in [7, 11) is 4.00. The normalized spacial score (nSPS) is 15.2. The second kappa shape index (κ2) is 15.7. The maximum Gasteiger partial charge on any atom is 0.191 e. The van der Waals surface area contributed by atoms with E-state index in [2.05, 4.69) is 59.6 Å². The predicted molar refractivity (Wildman–Crippen MR) is 136 cm³/mol. The molecule has 1 saturated heterocycles. The number of hydrogen-bond acceptors (Lipinski definition) is 4. The van der Waals surface area contributed by atoms with Crippen molar-refractivity contribution in [3.8, 4) is 5.75 Å². The lowest BCUT2D eigenvalue weighted by Gasteiger charge is -2.31. The lowest BCUT2D eigenvalue weighted by atomic mass is 10.0. The summed E-state index contributed by atoms with van der Waals surface area (Å²) in [5.41, 5.74) is 1.19. The van der Waals surface area contributed by atoms with Gasteiger partial charge in [-0.2, -0.15) is 0 Å². The van der Waals surface area contributed by atoms with E-state index in [0.717, 1.165) is 57.4 Å². The van der Waals surface area contributed by atoms with Crippen LogP contribution in [0.2, 0.25) is 0 Å². The highest BCUT2D eigenvalue weighted by atomic mass is 127. The standard InChI is InChI=1S/C23H40N4O2.HI/c1-5-19(6-2)17-25-23(24-3)26-18-20-8-7-9-22(16-20)29-15-12-27(4)21-10-13-28-14-11-21;/h7-9,16,19,21H,5-6,10-15,17-18H2,1-4H3,(H2,24,25,26);1H. The number of halogens is 1. The quantitative estimate of drug-likeness (QED) is 0.257. The Labute approximate surface area is 200 Å². The zero-order valence-electron chi connectivity index (χ0n) is 19.2. The average Bonchev–Trinajstić information content (AvgIpc) is 2.77. The minimum atomic E-state index is 0. The van der Waals surface area contributed by atoms with Crippen LogP contribution in [0.3, 0.4) is 0 Å². The van der Waals surface area contributed by atoms with Crippen LogP contribution in [0.15, 0.2) is 29.3 Å². The molecule has 1 aromatic carbocycles. The van der Waals surface area contributed by atoms with Gasteiger partial charge in [-0.25, -0.2) is 0 Å². The average molecular weight is 533 g/mol. The first kappa shape index (κ1) is 27.0. The van der Waals surface area contributed by atoms with Crippen LogP contribution in [-0.4, -0.2) is 63.9 Å². The van der Waals surface area contributed by atoms with Crippen molar-refractivity contribution in [3.05, 3.63) is 29.8 Å². The summed E-state index contributed by atoms with van der Waals surface area (Å²) in [6, 6.07) is 8.91. The first-order valence-corrected chi connectivity index (χ1v) is 11.1. The number of likely N-dealkylation sites (N-methyl/N-ethyl adjacent to an activating group) is 1. The molecule has 2 N–H and O–H groups in total. The molecule has 0 radical (unpaired) electrons. The molecule has 0 atom stereocenters. The van der Waals surface area contributed by atoms with Crippen LogP contribution in [0, 0.1) is 5.92 Å². The summed E-state index contributed by atoms with van der Waals surface area (Å²) in [4.78, 5) is 6.72. The Morgan fingerprint density at radius 2 is 1.97 bits per heavy atom. The molecule has 1 heterocycles. The van der Waals surface area contributed by atoms with E-state index in [1.807, 2.05) is 13.1 Å². The highest BCUT2D eigenvalue weighted by Gasteiger charge is 2.17. The fraction of sp³-hybridized carbons (Fsp3) is 0.696. The van der Waals surface area contributed by atoms with Gasteiger partial charge in [-0.1, -0.05) is 38.8 Å². The second-order valence-electron chi connectivity index (χ2n) is 7.81. The van der Waals surface area contributed by atoms with E-state index in [-0.39, 0.29) is 24.0 Å². The molecule has 0 unspecified atom stereocenters. The van der Waals surface area contributed by atoms with Gasteiger partial charge in [-0.3, -0.25) is 9.89 Å². The topological polar surface area (TPSA) is 58.1 Å². The van der Waals surface area contributed by atoms with Crippen LogP contribution in [0.25, 0.3) is 0 Å². The Morgan fingerprint density at radius 3 is 2.63 bits per heavy atom. The molecule has 7 heteroatoms. The zero-order chi connectivity index (χ0) is 20.9. The molecular weight excluding hydrogens is 491 g/mol. The maximum absolute atomic E-state index is 6.00. The summed E-state index contributed by atoms with van der Waals surface area (Å²) >= 11 is 0. The predicted octanol–water partition coefficient (Wildman–Crippen LogP) is 3.90. The van der Waals surface area contributed by atoms with Gasteiger partial charge in [-0.15, -0.1) is 24.0 Å². The highest BCUT2D eigenvalue weighted by molar-refractivity contribution is 14.0. The summed E-state index contributed by atoms with van der Waals surface area (Å²) in [6.45, 7) is 9.53. The van der Waals surface area contributed by atoms with Gasteiger partial charge in [0.2, 0.25) is 0 Å². The van der Waals surface area contributed by atoms with Crippen molar-refractivity contribution in [2.45, 2.75) is 52.1 Å². The van der Waals surface area contributed by atoms with Gasteiger partial charge in [-0.05, 0) is 43.5 Å². The third-order valence-electron chi connectivity index (χ3n) is 5.82. The molecule has 1 aromatic rings. The molecule has 1 fully saturated rings. The summed E-state index contributed by atoms with van der Waals surface area (Å²) < 4.78 is 11.4. The van der Waals surface area contributed by atoms with Crippen molar-refractivity contribution >= 4 is 29.9 Å². The van der Waals surface area contributed by atoms with Gasteiger partial charge in [0.25, 0.3) is 0 Å². The summed E-state index contributed by atoms with van der Waals surface area (Å²) in [6.07, 6.45) is 4.60. The number of rotatable bonds is 11. The van der Waals surface area contributed by atoms with Crippen LogP contribution in [-0.2, 0) is 11.3 Å². The number of guanidine groups is 1. The SMILES string of the molecule is CCC(CC)CNC(=NC)NCc1cccc(OCCN(C)C2CCOCC2)c1.I. The molecule has 0 aromatic heterocycles. The Kier molecular flexibility index (Phi) is 14.1. The van der Waals surface area contributed by atoms with E-state index in [0.29, 0.717) is 18.6 Å². The Hall–Kier alpha value is -1.06. The van der Waals surface area contributed by atoms with Crippen LogP contribution in [0.5, 0.6) is 5.75 Å². The Bertz CT molecular complexity index is 605. The van der Waals surface area contributed by atoms with Crippen LogP contribution in [0.1, 0.15) is 45.1 Å². The minimum Gasteiger partial charge on any atom is -0.492 e. The van der Waals surface area contributed by atoms with Gasteiger partial charge < -0.3 is 20.1 Å². The first-order chi connectivity index (χ1) is 14.2. The fourth-order valence-electron chi connectivity index (χ4n) is 3.59. The van der Waals surface area contributed by atoms with Crippen molar-refractivity contribution < 1.29 is 9.47 Å². The Balaban J connectivity index is 0.00000450. The second-order valence-corrected chi connectivity index (χ2v) is 7.81. The number of nitrogens with one attached hydrogen (secondary N) is 2. The molecule has 1 aliphatic rings. The van der Waals surface area contributed by atoms with E-state index in [9.17, 15) is 0 Å². The molecule has 0 bridgehead atoms. The molecule has 30 heavy (non-hydrogen) atoms. The van der Waals surface area contributed by atoms with Crippen molar-refractivity contribution in [2.75, 3.05) is 47.0 Å². The number of ether oxygens (including phenoxy) is 2. The van der Waals surface area contributed by atoms with Crippen molar-refractivity contribution in [2.24, 2.45) is 10.9 Å². The van der Waals surface area contributed by atoms with Gasteiger partial charge in [0.1, 0.15) is 12.4 Å². The minimum absolute atomic E-state index is 0. The van der Waals surface area contributed by atoms with Crippen LogP contribution in [0.4, 0.5) is 0 Å². The molecule has 6 nitrogen and oxygen atoms in total. The zero-order valence-corrected chi connectivity index (χ0v) is 21.5. The summed E-state index contributed by atoms with van der Waals surface area (Å²) in [5.74, 6) is 2.45. The smallest absolute Gasteiger partial charge is 0.191 e. The van der Waals surface area contributed by atoms with Crippen LogP contribution < -0.4 is 15.4 Å². The van der Waals surface area contributed by atoms with Gasteiger partial charge >= 0.3 is 0 Å². The lowest BCUT2D eigenvalue weighted by molar-refractivity contribution is 0.0392. The maximum atomic E-state index is 6.00. The van der Waals surface area contributed by atoms with Gasteiger partial charge in [0, 0.05) is 45.9 Å². The van der Waals surface area contributed by atoms with Crippen molar-refractivity contribution in [1.82, 2.24) is 15.5 Å². The number of nitrogens with zero attached hydrogens (tertiary/aromatic N) is 2. The molecule has 0 saturated carbocycles. The van der Waals surface area contributed by atoms with Gasteiger partial charge in [0.15, 0.2) is 5.96 Å². The van der Waals surface area contributed by atoms with Gasteiger partial charge in [0.05, 0.1) is 0 Å². The third kappa shape index (κ3) is 9.83. The molecule has 2 rings (SSSR count). The Morgan fingerprint density at radius 1 is 1.23 bits per heavy atom. The van der Waals surface area contributed by atoms with E-state index in [4.69, 9.17) is 9.47 Å². The van der Waals surface area contributed by atoms with E-state index in [1.165, 1.54) is 18.4 Å². The number of hydrogen-bond donors (Lipinski definition) is 2. The largest absolute Gasteiger partial charge is 0.492 e. The highest BCUT2D eigenvalue weighted by Crippen LogP contribution is 2.15. The van der Waals surface area contributed by atoms with E-state index >= 15 is 0 Å². The molecule has 0 aliphatic carbocycles. The fourth-order valence-corrected chi connectivity index (χ4v) is 3.59. The summed E-state index contributed by atoms with van der Waals surface area (Å²) in [5, 5.41) is 6.82. The molecule has 172 valence electrons. The van der Waals surface area contributed by atoms with E-state index in [1.54, 1.807) is 0 Å². The molecule has 0 amide bonds. The van der Waals surface area contributed by atoms with Crippen molar-refractivity contribution in [1.29, 1.82) is 0 Å². The van der Waals surface area contributed by atoms with Crippen molar-refractivity contribution in [3.63, 3.8) is 0 Å². The lowest BCUT2D eigenvalue weighted by Crippen LogP contribution is -2.39. The van der Waals surface area contributed by atoms with Crippen LogP contribution >= 0.6 is 24.0 Å².